The number of hydrogen-bond acceptors (Lipinski definition) is 3. The van der Waals surface area contributed by atoms with Crippen LogP contribution in [0.3, 0.4) is 0 Å². The van der Waals surface area contributed by atoms with Gasteiger partial charge >= 0.3 is 5.97 Å². The normalized spacial score (nSPS) is 18.3. The molecule has 4 rings (SSSR count). The van der Waals surface area contributed by atoms with Gasteiger partial charge in [0.1, 0.15) is 0 Å². The highest BCUT2D eigenvalue weighted by molar-refractivity contribution is 6.06. The standard InChI is InChI=1S/C21H21N3O2/c1-11-8-14(10-16-12(2)23-24-13(16)3)20-17(9-11)19(21(25)26)15-6-4-5-7-18(15)22-20/h4-7,10-11H,8-9H2,1-3H3,(H,23,24)(H,25,26)/b14-10-. The number of aromatic nitrogens is 3. The molecule has 0 aliphatic heterocycles. The molecule has 132 valence electrons. The molecule has 0 amide bonds. The maximum Gasteiger partial charge on any atom is 0.336 e. The molecule has 2 heterocycles. The van der Waals surface area contributed by atoms with Crippen LogP contribution in [0.15, 0.2) is 24.3 Å². The van der Waals surface area contributed by atoms with Gasteiger partial charge in [-0.3, -0.25) is 5.10 Å². The van der Waals surface area contributed by atoms with Crippen LogP contribution < -0.4 is 0 Å². The van der Waals surface area contributed by atoms with Crippen molar-refractivity contribution in [3.63, 3.8) is 0 Å². The number of pyridine rings is 1. The molecule has 1 aliphatic rings. The number of rotatable bonds is 2. The van der Waals surface area contributed by atoms with Gasteiger partial charge in [0.15, 0.2) is 0 Å². The second-order valence-corrected chi connectivity index (χ2v) is 7.17. The van der Waals surface area contributed by atoms with E-state index in [0.29, 0.717) is 16.9 Å². The van der Waals surface area contributed by atoms with Gasteiger partial charge in [0.25, 0.3) is 0 Å². The Morgan fingerprint density at radius 2 is 2.04 bits per heavy atom. The average molecular weight is 347 g/mol. The smallest absolute Gasteiger partial charge is 0.336 e. The zero-order valence-corrected chi connectivity index (χ0v) is 15.1. The highest BCUT2D eigenvalue weighted by atomic mass is 16.4. The maximum atomic E-state index is 12.1. The van der Waals surface area contributed by atoms with Crippen molar-refractivity contribution >= 4 is 28.5 Å². The number of H-pyrrole nitrogens is 1. The third-order valence-electron chi connectivity index (χ3n) is 5.14. The number of para-hydroxylation sites is 1. The first-order valence-electron chi connectivity index (χ1n) is 8.83. The molecule has 0 bridgehead atoms. The molecule has 0 saturated carbocycles. The van der Waals surface area contributed by atoms with Crippen LogP contribution in [0.2, 0.25) is 0 Å². The fourth-order valence-corrected chi connectivity index (χ4v) is 3.93. The number of nitrogens with one attached hydrogen (secondary N) is 1. The summed E-state index contributed by atoms with van der Waals surface area (Å²) in [6.07, 6.45) is 3.73. The molecule has 1 atom stereocenters. The average Bonchev–Trinajstić information content (AvgIpc) is 2.91. The van der Waals surface area contributed by atoms with Gasteiger partial charge in [-0.2, -0.15) is 5.10 Å². The quantitative estimate of drug-likeness (QED) is 0.720. The molecular formula is C21H21N3O2. The molecule has 0 radical (unpaired) electrons. The molecule has 1 unspecified atom stereocenters. The number of aryl methyl sites for hydroxylation is 2. The van der Waals surface area contributed by atoms with Gasteiger partial charge in [-0.15, -0.1) is 0 Å². The summed E-state index contributed by atoms with van der Waals surface area (Å²) >= 11 is 0. The molecule has 2 N–H and O–H groups in total. The maximum absolute atomic E-state index is 12.1. The Labute approximate surface area is 151 Å². The molecule has 0 saturated heterocycles. The lowest BCUT2D eigenvalue weighted by Gasteiger charge is -2.26. The molecule has 3 aromatic rings. The van der Waals surface area contributed by atoms with Gasteiger partial charge in [0.05, 0.1) is 22.5 Å². The van der Waals surface area contributed by atoms with Crippen LogP contribution in [0.25, 0.3) is 22.6 Å². The second-order valence-electron chi connectivity index (χ2n) is 7.17. The molecule has 5 nitrogen and oxygen atoms in total. The molecule has 26 heavy (non-hydrogen) atoms. The van der Waals surface area contributed by atoms with Gasteiger partial charge < -0.3 is 5.11 Å². The lowest BCUT2D eigenvalue weighted by Crippen LogP contribution is -2.17. The van der Waals surface area contributed by atoms with Crippen molar-refractivity contribution < 1.29 is 9.90 Å². The van der Waals surface area contributed by atoms with Crippen LogP contribution in [-0.2, 0) is 6.42 Å². The first-order valence-corrected chi connectivity index (χ1v) is 8.83. The highest BCUT2D eigenvalue weighted by Gasteiger charge is 2.28. The van der Waals surface area contributed by atoms with Crippen molar-refractivity contribution in [1.82, 2.24) is 15.2 Å². The Morgan fingerprint density at radius 1 is 1.27 bits per heavy atom. The minimum absolute atomic E-state index is 0.363. The number of benzene rings is 1. The zero-order valence-electron chi connectivity index (χ0n) is 15.1. The fourth-order valence-electron chi connectivity index (χ4n) is 3.93. The van der Waals surface area contributed by atoms with E-state index in [-0.39, 0.29) is 0 Å². The fraction of sp³-hybridized carbons (Fsp3) is 0.286. The molecule has 1 aromatic carbocycles. The Morgan fingerprint density at radius 3 is 2.73 bits per heavy atom. The molecule has 5 heteroatoms. The monoisotopic (exact) mass is 347 g/mol. The van der Waals surface area contributed by atoms with E-state index < -0.39 is 5.97 Å². The van der Waals surface area contributed by atoms with Gasteiger partial charge in [0.2, 0.25) is 0 Å². The summed E-state index contributed by atoms with van der Waals surface area (Å²) in [7, 11) is 0. The van der Waals surface area contributed by atoms with E-state index in [1.54, 1.807) is 0 Å². The van der Waals surface area contributed by atoms with Crippen molar-refractivity contribution in [2.45, 2.75) is 33.6 Å². The van der Waals surface area contributed by atoms with E-state index in [1.807, 2.05) is 38.1 Å². The lowest BCUT2D eigenvalue weighted by atomic mass is 9.80. The summed E-state index contributed by atoms with van der Waals surface area (Å²) < 4.78 is 0. The molecule has 2 aromatic heterocycles. The summed E-state index contributed by atoms with van der Waals surface area (Å²) in [5.41, 5.74) is 6.88. The van der Waals surface area contributed by atoms with E-state index in [4.69, 9.17) is 4.98 Å². The van der Waals surface area contributed by atoms with E-state index in [9.17, 15) is 9.90 Å². The van der Waals surface area contributed by atoms with Crippen LogP contribution >= 0.6 is 0 Å². The van der Waals surface area contributed by atoms with Crippen LogP contribution in [0.1, 0.15) is 51.9 Å². The van der Waals surface area contributed by atoms with E-state index in [2.05, 4.69) is 23.2 Å². The minimum Gasteiger partial charge on any atom is -0.478 e. The number of carboxylic acids is 1. The predicted octanol–water partition coefficient (Wildman–Crippen LogP) is 4.40. The SMILES string of the molecule is Cc1n[nH]c(C)c1/C=C1/CC(C)Cc2c1nc1ccccc1c2C(=O)O. The van der Waals surface area contributed by atoms with Crippen molar-refractivity contribution in [1.29, 1.82) is 0 Å². The Balaban J connectivity index is 2.02. The van der Waals surface area contributed by atoms with Gasteiger partial charge in [-0.05, 0) is 55.9 Å². The number of hydrogen-bond donors (Lipinski definition) is 2. The first-order chi connectivity index (χ1) is 12.5. The summed E-state index contributed by atoms with van der Waals surface area (Å²) in [5, 5.41) is 17.9. The molecule has 0 fully saturated rings. The third kappa shape index (κ3) is 2.60. The van der Waals surface area contributed by atoms with Crippen LogP contribution in [0.4, 0.5) is 0 Å². The van der Waals surface area contributed by atoms with Gasteiger partial charge in [-0.25, -0.2) is 9.78 Å². The third-order valence-corrected chi connectivity index (χ3v) is 5.14. The summed E-state index contributed by atoms with van der Waals surface area (Å²) in [6.45, 7) is 6.13. The number of aromatic amines is 1. The number of nitrogens with zero attached hydrogens (tertiary/aromatic N) is 2. The number of fused-ring (bicyclic) bond motifs is 2. The first kappa shape index (κ1) is 16.5. The van der Waals surface area contributed by atoms with Crippen molar-refractivity contribution in [2.75, 3.05) is 0 Å². The van der Waals surface area contributed by atoms with Crippen LogP contribution in [-0.4, -0.2) is 26.3 Å². The predicted molar refractivity (Wildman–Crippen MR) is 102 cm³/mol. The van der Waals surface area contributed by atoms with E-state index >= 15 is 0 Å². The number of carbonyl (C=O) groups is 1. The lowest BCUT2D eigenvalue weighted by molar-refractivity contribution is 0.0697. The minimum atomic E-state index is -0.885. The molecular weight excluding hydrogens is 326 g/mol. The summed E-state index contributed by atoms with van der Waals surface area (Å²) in [5.74, 6) is -0.522. The number of allylic oxidation sites excluding steroid dienone is 1. The summed E-state index contributed by atoms with van der Waals surface area (Å²) in [4.78, 5) is 16.9. The topological polar surface area (TPSA) is 78.9 Å². The Hall–Kier alpha value is -2.95. The van der Waals surface area contributed by atoms with Crippen molar-refractivity contribution in [2.24, 2.45) is 5.92 Å². The molecule has 0 spiro atoms. The van der Waals surface area contributed by atoms with Gasteiger partial charge in [0, 0.05) is 16.6 Å². The van der Waals surface area contributed by atoms with Crippen molar-refractivity contribution in [3.05, 3.63) is 58.0 Å². The Bertz CT molecular complexity index is 1040. The number of aromatic carboxylic acids is 1. The van der Waals surface area contributed by atoms with Gasteiger partial charge in [-0.1, -0.05) is 25.1 Å². The van der Waals surface area contributed by atoms with Crippen LogP contribution in [0.5, 0.6) is 0 Å². The summed E-state index contributed by atoms with van der Waals surface area (Å²) in [6, 6.07) is 7.49. The zero-order chi connectivity index (χ0) is 18.4. The Kier molecular flexibility index (Phi) is 3.87. The van der Waals surface area contributed by atoms with E-state index in [0.717, 1.165) is 52.1 Å². The molecule has 1 aliphatic carbocycles. The number of carboxylic acid groups (broad SMARTS) is 1. The highest BCUT2D eigenvalue weighted by Crippen LogP contribution is 2.38. The van der Waals surface area contributed by atoms with Crippen molar-refractivity contribution in [3.8, 4) is 0 Å². The largest absolute Gasteiger partial charge is 0.478 e. The van der Waals surface area contributed by atoms with Crippen LogP contribution in [0, 0.1) is 19.8 Å². The second kappa shape index (κ2) is 6.09. The van der Waals surface area contributed by atoms with E-state index in [1.165, 1.54) is 0 Å².